The number of nitrogens with one attached hydrogen (secondary N) is 1. The molecule has 1 aliphatic heterocycles. The number of thioether (sulfide) groups is 1. The van der Waals surface area contributed by atoms with Gasteiger partial charge < -0.3 is 10.2 Å². The summed E-state index contributed by atoms with van der Waals surface area (Å²) in [4.78, 5) is 27.1. The average Bonchev–Trinajstić information content (AvgIpc) is 2.55. The van der Waals surface area contributed by atoms with Crippen molar-refractivity contribution in [3.63, 3.8) is 0 Å². The van der Waals surface area contributed by atoms with Gasteiger partial charge in [0.25, 0.3) is 5.91 Å². The highest BCUT2D eigenvalue weighted by Gasteiger charge is 2.24. The van der Waals surface area contributed by atoms with Gasteiger partial charge in [0.2, 0.25) is 5.91 Å². The minimum absolute atomic E-state index is 0.0376. The number of carbonyl (C=O) groups excluding carboxylic acids is 2. The summed E-state index contributed by atoms with van der Waals surface area (Å²) in [6.45, 7) is 2.33. The lowest BCUT2D eigenvalue weighted by Crippen LogP contribution is -2.28. The standard InChI is InChI=1S/C18H17ClN2O2S/c1-11-17(22)20-15-9-13(6-7-16(15)24-11)18(23)21(2)10-12-4-3-5-14(19)8-12/h3-9,11H,10H2,1-2H3,(H,20,22)/t11-/m1/s1. The molecule has 0 aliphatic carbocycles. The smallest absolute Gasteiger partial charge is 0.253 e. The maximum Gasteiger partial charge on any atom is 0.253 e. The summed E-state index contributed by atoms with van der Waals surface area (Å²) in [5, 5.41) is 3.38. The molecular weight excluding hydrogens is 344 g/mol. The first-order valence-corrected chi connectivity index (χ1v) is 8.81. The number of benzene rings is 2. The van der Waals surface area contributed by atoms with Gasteiger partial charge in [0.1, 0.15) is 0 Å². The predicted octanol–water partition coefficient (Wildman–Crippen LogP) is 4.04. The van der Waals surface area contributed by atoms with E-state index in [4.69, 9.17) is 11.6 Å². The van der Waals surface area contributed by atoms with Gasteiger partial charge in [0.15, 0.2) is 0 Å². The van der Waals surface area contributed by atoms with Crippen molar-refractivity contribution in [1.29, 1.82) is 0 Å². The van der Waals surface area contributed by atoms with Crippen molar-refractivity contribution in [3.8, 4) is 0 Å². The van der Waals surface area contributed by atoms with Gasteiger partial charge in [-0.1, -0.05) is 23.7 Å². The molecule has 124 valence electrons. The number of fused-ring (bicyclic) bond motifs is 1. The molecule has 0 unspecified atom stereocenters. The monoisotopic (exact) mass is 360 g/mol. The van der Waals surface area contributed by atoms with Crippen LogP contribution in [0.5, 0.6) is 0 Å². The van der Waals surface area contributed by atoms with Gasteiger partial charge in [-0.3, -0.25) is 9.59 Å². The normalized spacial score (nSPS) is 16.3. The summed E-state index contributed by atoms with van der Waals surface area (Å²) in [6.07, 6.45) is 0. The minimum Gasteiger partial charge on any atom is -0.337 e. The van der Waals surface area contributed by atoms with Crippen LogP contribution in [-0.4, -0.2) is 29.0 Å². The van der Waals surface area contributed by atoms with Crippen molar-refractivity contribution in [2.75, 3.05) is 12.4 Å². The van der Waals surface area contributed by atoms with E-state index in [1.165, 1.54) is 11.8 Å². The molecule has 2 amide bonds. The first kappa shape index (κ1) is 16.9. The van der Waals surface area contributed by atoms with Crippen LogP contribution in [0.25, 0.3) is 0 Å². The van der Waals surface area contributed by atoms with Gasteiger partial charge in [0, 0.05) is 29.1 Å². The molecule has 1 aliphatic rings. The molecule has 0 saturated heterocycles. The fourth-order valence-corrected chi connectivity index (χ4v) is 3.69. The lowest BCUT2D eigenvalue weighted by atomic mass is 10.1. The van der Waals surface area contributed by atoms with E-state index in [1.54, 1.807) is 30.1 Å². The van der Waals surface area contributed by atoms with Crippen LogP contribution in [0.1, 0.15) is 22.8 Å². The van der Waals surface area contributed by atoms with Gasteiger partial charge in [-0.2, -0.15) is 0 Å². The first-order valence-electron chi connectivity index (χ1n) is 7.55. The summed E-state index contributed by atoms with van der Waals surface area (Å²) < 4.78 is 0. The minimum atomic E-state index is -0.121. The van der Waals surface area contributed by atoms with Gasteiger partial charge in [-0.25, -0.2) is 0 Å². The van der Waals surface area contributed by atoms with Crippen molar-refractivity contribution in [2.45, 2.75) is 23.6 Å². The molecule has 4 nitrogen and oxygen atoms in total. The molecule has 6 heteroatoms. The first-order chi connectivity index (χ1) is 11.4. The van der Waals surface area contributed by atoms with Crippen LogP contribution < -0.4 is 5.32 Å². The summed E-state index contributed by atoms with van der Waals surface area (Å²) >= 11 is 7.49. The highest BCUT2D eigenvalue weighted by atomic mass is 35.5. The SMILES string of the molecule is C[C@H]1Sc2ccc(C(=O)N(C)Cc3cccc(Cl)c3)cc2NC1=O. The van der Waals surface area contributed by atoms with Crippen LogP contribution in [0, 0.1) is 0 Å². The van der Waals surface area contributed by atoms with Crippen molar-refractivity contribution in [1.82, 2.24) is 4.90 Å². The third-order valence-corrected chi connectivity index (χ3v) is 5.23. The molecule has 0 saturated carbocycles. The second kappa shape index (κ2) is 6.87. The lowest BCUT2D eigenvalue weighted by Gasteiger charge is -2.23. The number of amides is 2. The number of hydrogen-bond donors (Lipinski definition) is 1. The van der Waals surface area contributed by atoms with E-state index in [2.05, 4.69) is 5.32 Å². The van der Waals surface area contributed by atoms with Gasteiger partial charge in [0.05, 0.1) is 10.9 Å². The van der Waals surface area contributed by atoms with Crippen LogP contribution in [0.15, 0.2) is 47.4 Å². The molecule has 2 aromatic carbocycles. The Bertz CT molecular complexity index is 809. The Kier molecular flexibility index (Phi) is 4.83. The molecule has 1 atom stereocenters. The number of rotatable bonds is 3. The van der Waals surface area contributed by atoms with Crippen molar-refractivity contribution in [3.05, 3.63) is 58.6 Å². The number of nitrogens with zero attached hydrogens (tertiary/aromatic N) is 1. The zero-order valence-electron chi connectivity index (χ0n) is 13.4. The summed E-state index contributed by atoms with van der Waals surface area (Å²) in [7, 11) is 1.75. The Balaban J connectivity index is 1.77. The van der Waals surface area contributed by atoms with E-state index in [9.17, 15) is 9.59 Å². The highest BCUT2D eigenvalue weighted by Crippen LogP contribution is 2.36. The van der Waals surface area contributed by atoms with Crippen LogP contribution in [0.2, 0.25) is 5.02 Å². The molecule has 3 rings (SSSR count). The maximum absolute atomic E-state index is 12.6. The van der Waals surface area contributed by atoms with Crippen LogP contribution in [0.3, 0.4) is 0 Å². The van der Waals surface area contributed by atoms with Crippen molar-refractivity contribution >= 4 is 40.9 Å². The summed E-state index contributed by atoms with van der Waals surface area (Å²) in [5.41, 5.74) is 2.22. The Labute approximate surface area is 150 Å². The molecule has 1 N–H and O–H groups in total. The van der Waals surface area contributed by atoms with Gasteiger partial charge in [-0.15, -0.1) is 11.8 Å². The lowest BCUT2D eigenvalue weighted by molar-refractivity contribution is -0.115. The molecule has 0 bridgehead atoms. The molecule has 0 fully saturated rings. The fourth-order valence-electron chi connectivity index (χ4n) is 2.54. The van der Waals surface area contributed by atoms with Crippen LogP contribution in [-0.2, 0) is 11.3 Å². The highest BCUT2D eigenvalue weighted by molar-refractivity contribution is 8.00. The largest absolute Gasteiger partial charge is 0.337 e. The van der Waals surface area contributed by atoms with Crippen molar-refractivity contribution < 1.29 is 9.59 Å². The maximum atomic E-state index is 12.6. The molecular formula is C18H17ClN2O2S. The van der Waals surface area contributed by atoms with E-state index in [0.29, 0.717) is 22.8 Å². The van der Waals surface area contributed by atoms with Gasteiger partial charge in [-0.05, 0) is 42.8 Å². The third kappa shape index (κ3) is 3.57. The topological polar surface area (TPSA) is 49.4 Å². The van der Waals surface area contributed by atoms with E-state index in [1.807, 2.05) is 31.2 Å². The number of hydrogen-bond acceptors (Lipinski definition) is 3. The van der Waals surface area contributed by atoms with E-state index in [0.717, 1.165) is 10.5 Å². The average molecular weight is 361 g/mol. The molecule has 24 heavy (non-hydrogen) atoms. The summed E-state index contributed by atoms with van der Waals surface area (Å²) in [6, 6.07) is 12.9. The Morgan fingerprint density at radius 2 is 2.08 bits per heavy atom. The molecule has 0 aromatic heterocycles. The fraction of sp³-hybridized carbons (Fsp3) is 0.222. The Morgan fingerprint density at radius 3 is 2.83 bits per heavy atom. The van der Waals surface area contributed by atoms with E-state index in [-0.39, 0.29) is 17.1 Å². The molecule has 0 spiro atoms. The van der Waals surface area contributed by atoms with E-state index >= 15 is 0 Å². The van der Waals surface area contributed by atoms with E-state index < -0.39 is 0 Å². The molecule has 0 radical (unpaired) electrons. The second-order valence-corrected chi connectivity index (χ2v) is 7.57. The van der Waals surface area contributed by atoms with Gasteiger partial charge >= 0.3 is 0 Å². The number of halogens is 1. The van der Waals surface area contributed by atoms with Crippen LogP contribution in [0.4, 0.5) is 5.69 Å². The molecule has 1 heterocycles. The van der Waals surface area contributed by atoms with Crippen molar-refractivity contribution in [2.24, 2.45) is 0 Å². The number of anilines is 1. The van der Waals surface area contributed by atoms with Crippen LogP contribution >= 0.6 is 23.4 Å². The summed E-state index contributed by atoms with van der Waals surface area (Å²) in [5.74, 6) is -0.139. The second-order valence-electron chi connectivity index (χ2n) is 5.75. The zero-order valence-corrected chi connectivity index (χ0v) is 14.9. The zero-order chi connectivity index (χ0) is 17.3. The Morgan fingerprint density at radius 1 is 1.29 bits per heavy atom. The number of carbonyl (C=O) groups is 2. The predicted molar refractivity (Wildman–Crippen MR) is 97.6 cm³/mol. The Hall–Kier alpha value is -1.98. The quantitative estimate of drug-likeness (QED) is 0.898. The molecule has 2 aromatic rings. The third-order valence-electron chi connectivity index (χ3n) is 3.81.